The van der Waals surface area contributed by atoms with Crippen LogP contribution < -0.4 is 4.90 Å². The topological polar surface area (TPSA) is 57.6 Å². The van der Waals surface area contributed by atoms with Crippen molar-refractivity contribution < 1.29 is 14.7 Å². The van der Waals surface area contributed by atoms with E-state index in [9.17, 15) is 9.59 Å². The second kappa shape index (κ2) is 3.83. The summed E-state index contributed by atoms with van der Waals surface area (Å²) in [6.07, 6.45) is 1.74. The molecular formula is C15H17NO3. The lowest BCUT2D eigenvalue weighted by molar-refractivity contribution is -0.120. The molecule has 0 radical (unpaired) electrons. The highest BCUT2D eigenvalue weighted by atomic mass is 16.4. The van der Waals surface area contributed by atoms with E-state index in [0.29, 0.717) is 6.54 Å². The van der Waals surface area contributed by atoms with Gasteiger partial charge in [0, 0.05) is 18.2 Å². The van der Waals surface area contributed by atoms with Crippen LogP contribution >= 0.6 is 0 Å². The molecule has 0 aromatic heterocycles. The SMILES string of the molecule is CC1(C)CC1C(=O)N1CCc2ccc(C(=O)O)cc21. The van der Waals surface area contributed by atoms with Gasteiger partial charge < -0.3 is 10.0 Å². The third-order valence-corrected chi connectivity index (χ3v) is 4.31. The molecule has 1 aliphatic heterocycles. The maximum atomic E-state index is 12.4. The van der Waals surface area contributed by atoms with E-state index in [-0.39, 0.29) is 22.8 Å². The maximum absolute atomic E-state index is 12.4. The third-order valence-electron chi connectivity index (χ3n) is 4.31. The number of carbonyl (C=O) groups is 2. The van der Waals surface area contributed by atoms with Crippen molar-refractivity contribution in [3.05, 3.63) is 29.3 Å². The van der Waals surface area contributed by atoms with Crippen LogP contribution in [-0.4, -0.2) is 23.5 Å². The number of amides is 1. The third kappa shape index (κ3) is 1.91. The lowest BCUT2D eigenvalue weighted by atomic mass is 10.1. The highest BCUT2D eigenvalue weighted by molar-refractivity contribution is 6.00. The average Bonchev–Trinajstić information content (AvgIpc) is 2.83. The van der Waals surface area contributed by atoms with E-state index in [1.807, 2.05) is 6.07 Å². The molecule has 1 heterocycles. The summed E-state index contributed by atoms with van der Waals surface area (Å²) in [4.78, 5) is 25.2. The van der Waals surface area contributed by atoms with Crippen molar-refractivity contribution >= 4 is 17.6 Å². The number of rotatable bonds is 2. The van der Waals surface area contributed by atoms with Gasteiger partial charge in [0.15, 0.2) is 0 Å². The molecule has 4 heteroatoms. The van der Waals surface area contributed by atoms with Gasteiger partial charge in [0.2, 0.25) is 5.91 Å². The number of fused-ring (bicyclic) bond motifs is 1. The van der Waals surface area contributed by atoms with Gasteiger partial charge in [-0.15, -0.1) is 0 Å². The lowest BCUT2D eigenvalue weighted by Gasteiger charge is -2.18. The number of anilines is 1. The molecule has 1 fully saturated rings. The average molecular weight is 259 g/mol. The first-order chi connectivity index (χ1) is 8.90. The molecule has 1 aromatic carbocycles. The van der Waals surface area contributed by atoms with Gasteiger partial charge in [-0.1, -0.05) is 19.9 Å². The first kappa shape index (κ1) is 12.2. The molecule has 0 saturated heterocycles. The van der Waals surface area contributed by atoms with Crippen LogP contribution in [0.5, 0.6) is 0 Å². The van der Waals surface area contributed by atoms with Crippen LogP contribution in [0.15, 0.2) is 18.2 Å². The fourth-order valence-electron chi connectivity index (χ4n) is 2.82. The van der Waals surface area contributed by atoms with Crippen molar-refractivity contribution in [1.82, 2.24) is 0 Å². The highest BCUT2D eigenvalue weighted by Crippen LogP contribution is 2.53. The molecule has 1 N–H and O–H groups in total. The summed E-state index contributed by atoms with van der Waals surface area (Å²) in [5, 5.41) is 9.04. The van der Waals surface area contributed by atoms with Gasteiger partial charge in [0.25, 0.3) is 0 Å². The summed E-state index contributed by atoms with van der Waals surface area (Å²) < 4.78 is 0. The Morgan fingerprint density at radius 1 is 1.37 bits per heavy atom. The lowest BCUT2D eigenvalue weighted by Crippen LogP contribution is -2.31. The Bertz CT molecular complexity index is 577. The fourth-order valence-corrected chi connectivity index (χ4v) is 2.82. The summed E-state index contributed by atoms with van der Waals surface area (Å²) >= 11 is 0. The summed E-state index contributed by atoms with van der Waals surface area (Å²) in [5.74, 6) is -0.716. The molecule has 3 rings (SSSR count). The zero-order valence-corrected chi connectivity index (χ0v) is 11.1. The van der Waals surface area contributed by atoms with Gasteiger partial charge in [-0.2, -0.15) is 0 Å². The number of carbonyl (C=O) groups excluding carboxylic acids is 1. The van der Waals surface area contributed by atoms with E-state index in [2.05, 4.69) is 13.8 Å². The summed E-state index contributed by atoms with van der Waals surface area (Å²) in [5.41, 5.74) is 2.20. The Balaban J connectivity index is 1.91. The number of nitrogens with zero attached hydrogens (tertiary/aromatic N) is 1. The van der Waals surface area contributed by atoms with Crippen LogP contribution in [0.25, 0.3) is 0 Å². The van der Waals surface area contributed by atoms with Crippen molar-refractivity contribution in [1.29, 1.82) is 0 Å². The van der Waals surface area contributed by atoms with Gasteiger partial charge in [0.05, 0.1) is 5.56 Å². The second-order valence-electron chi connectivity index (χ2n) is 6.13. The van der Waals surface area contributed by atoms with Crippen molar-refractivity contribution in [3.63, 3.8) is 0 Å². The Labute approximate surface area is 112 Å². The number of hydrogen-bond donors (Lipinski definition) is 1. The summed E-state index contributed by atoms with van der Waals surface area (Å²) in [7, 11) is 0. The molecule has 4 nitrogen and oxygen atoms in total. The number of carboxylic acid groups (broad SMARTS) is 1. The molecule has 1 aromatic rings. The highest BCUT2D eigenvalue weighted by Gasteiger charge is 2.52. The first-order valence-electron chi connectivity index (χ1n) is 6.58. The van der Waals surface area contributed by atoms with Crippen LogP contribution in [0.3, 0.4) is 0 Å². The van der Waals surface area contributed by atoms with E-state index in [1.54, 1.807) is 17.0 Å². The molecule has 19 heavy (non-hydrogen) atoms. The van der Waals surface area contributed by atoms with E-state index >= 15 is 0 Å². The molecule has 100 valence electrons. The van der Waals surface area contributed by atoms with Crippen LogP contribution in [0.1, 0.15) is 36.2 Å². The second-order valence-corrected chi connectivity index (χ2v) is 6.13. The van der Waals surface area contributed by atoms with Crippen molar-refractivity contribution in [2.45, 2.75) is 26.7 Å². The number of benzene rings is 1. The molecule has 1 atom stereocenters. The van der Waals surface area contributed by atoms with Crippen molar-refractivity contribution in [3.8, 4) is 0 Å². The van der Waals surface area contributed by atoms with E-state index < -0.39 is 5.97 Å². The monoisotopic (exact) mass is 259 g/mol. The predicted octanol–water partition coefficient (Wildman–Crippen LogP) is 2.32. The van der Waals surface area contributed by atoms with Crippen LogP contribution in [-0.2, 0) is 11.2 Å². The standard InChI is InChI=1S/C15H17NO3/c1-15(2)8-11(15)13(17)16-6-5-9-3-4-10(14(18)19)7-12(9)16/h3-4,7,11H,5-6,8H2,1-2H3,(H,18,19). The number of hydrogen-bond acceptors (Lipinski definition) is 2. The number of carboxylic acids is 1. The van der Waals surface area contributed by atoms with Crippen LogP contribution in [0, 0.1) is 11.3 Å². The molecular weight excluding hydrogens is 242 g/mol. The quantitative estimate of drug-likeness (QED) is 0.886. The Kier molecular flexibility index (Phi) is 2.46. The fraction of sp³-hybridized carbons (Fsp3) is 0.467. The van der Waals surface area contributed by atoms with Crippen LogP contribution in [0.4, 0.5) is 5.69 Å². The van der Waals surface area contributed by atoms with Crippen LogP contribution in [0.2, 0.25) is 0 Å². The molecule has 1 amide bonds. The molecule has 0 bridgehead atoms. The molecule has 1 saturated carbocycles. The predicted molar refractivity (Wildman–Crippen MR) is 71.3 cm³/mol. The zero-order chi connectivity index (χ0) is 13.8. The van der Waals surface area contributed by atoms with E-state index in [0.717, 1.165) is 24.1 Å². The molecule has 1 unspecified atom stereocenters. The number of aromatic carboxylic acids is 1. The molecule has 0 spiro atoms. The van der Waals surface area contributed by atoms with Gasteiger partial charge in [-0.05, 0) is 36.0 Å². The van der Waals surface area contributed by atoms with Crippen molar-refractivity contribution in [2.75, 3.05) is 11.4 Å². The minimum atomic E-state index is -0.950. The van der Waals surface area contributed by atoms with E-state index in [1.165, 1.54) is 0 Å². The smallest absolute Gasteiger partial charge is 0.335 e. The Hall–Kier alpha value is -1.84. The van der Waals surface area contributed by atoms with Gasteiger partial charge in [0.1, 0.15) is 0 Å². The zero-order valence-electron chi connectivity index (χ0n) is 11.1. The Morgan fingerprint density at radius 2 is 2.05 bits per heavy atom. The minimum absolute atomic E-state index is 0.0898. The normalized spacial score (nSPS) is 23.1. The summed E-state index contributed by atoms with van der Waals surface area (Å²) in [6, 6.07) is 5.05. The first-order valence-corrected chi connectivity index (χ1v) is 6.58. The molecule has 1 aliphatic carbocycles. The molecule has 2 aliphatic rings. The van der Waals surface area contributed by atoms with Gasteiger partial charge in [-0.3, -0.25) is 4.79 Å². The van der Waals surface area contributed by atoms with Gasteiger partial charge >= 0.3 is 5.97 Å². The van der Waals surface area contributed by atoms with E-state index in [4.69, 9.17) is 5.11 Å². The largest absolute Gasteiger partial charge is 0.478 e. The van der Waals surface area contributed by atoms with Gasteiger partial charge in [-0.25, -0.2) is 4.79 Å². The Morgan fingerprint density at radius 3 is 2.63 bits per heavy atom. The van der Waals surface area contributed by atoms with Crippen molar-refractivity contribution in [2.24, 2.45) is 11.3 Å². The minimum Gasteiger partial charge on any atom is -0.478 e. The maximum Gasteiger partial charge on any atom is 0.335 e. The summed E-state index contributed by atoms with van der Waals surface area (Å²) in [6.45, 7) is 4.87.